The number of thiophene rings is 1. The van der Waals surface area contributed by atoms with Gasteiger partial charge in [0, 0.05) is 15.8 Å². The van der Waals surface area contributed by atoms with E-state index >= 15 is 0 Å². The Morgan fingerprint density at radius 3 is 1.97 bits per heavy atom. The third kappa shape index (κ3) is 3.86. The lowest BCUT2D eigenvalue weighted by Gasteiger charge is -2.22. The molecule has 0 aliphatic carbocycles. The van der Waals surface area contributed by atoms with E-state index in [0.29, 0.717) is 0 Å². The summed E-state index contributed by atoms with van der Waals surface area (Å²) in [6, 6.07) is 18.0. The van der Waals surface area contributed by atoms with Crippen LogP contribution in [0.3, 0.4) is 0 Å². The zero-order chi connectivity index (χ0) is 20.9. The van der Waals surface area contributed by atoms with Gasteiger partial charge in [-0.25, -0.2) is 4.98 Å². The second kappa shape index (κ2) is 7.11. The van der Waals surface area contributed by atoms with Crippen molar-refractivity contribution in [2.75, 3.05) is 0 Å². The van der Waals surface area contributed by atoms with Crippen LogP contribution < -0.4 is 0 Å². The van der Waals surface area contributed by atoms with Crippen LogP contribution in [0.1, 0.15) is 48.6 Å². The number of hydrogen-bond acceptors (Lipinski definition) is 2. The zero-order valence-electron chi connectivity index (χ0n) is 18.5. The molecule has 0 amide bonds. The Kier molecular flexibility index (Phi) is 4.86. The predicted octanol–water partition coefficient (Wildman–Crippen LogP) is 8.16. The summed E-state index contributed by atoms with van der Waals surface area (Å²) in [4.78, 5) is 7.42. The van der Waals surface area contributed by atoms with Gasteiger partial charge >= 0.3 is 0 Å². The van der Waals surface area contributed by atoms with Crippen LogP contribution in [0.25, 0.3) is 31.9 Å². The molecule has 0 bridgehead atoms. The lowest BCUT2D eigenvalue weighted by molar-refractivity contribution is 0.589. The first kappa shape index (κ1) is 19.8. The topological polar surface area (TPSA) is 12.9 Å². The second-order valence-electron chi connectivity index (χ2n) is 9.31. The highest BCUT2D eigenvalue weighted by Gasteiger charge is 2.18. The molecule has 0 radical (unpaired) electrons. The predicted molar refractivity (Wildman–Crippen MR) is 128 cm³/mol. The molecule has 2 aromatic heterocycles. The molecule has 4 aromatic rings. The van der Waals surface area contributed by atoms with Crippen LogP contribution in [0.2, 0.25) is 0 Å². The van der Waals surface area contributed by atoms with Crippen molar-refractivity contribution in [2.45, 2.75) is 53.9 Å². The average Bonchev–Trinajstić information content (AvgIpc) is 3.02. The van der Waals surface area contributed by atoms with Crippen molar-refractivity contribution >= 4 is 21.6 Å². The Morgan fingerprint density at radius 2 is 1.38 bits per heavy atom. The molecular formula is C27H29NS. The summed E-state index contributed by atoms with van der Waals surface area (Å²) in [7, 11) is 0. The maximum atomic E-state index is 5.01. The maximum Gasteiger partial charge on any atom is 0.124 e. The molecule has 0 spiro atoms. The minimum Gasteiger partial charge on any atom is -0.237 e. The molecule has 2 aromatic carbocycles. The molecule has 1 nitrogen and oxygen atoms in total. The molecule has 0 saturated carbocycles. The number of rotatable bonds is 2. The highest BCUT2D eigenvalue weighted by molar-refractivity contribution is 7.21. The molecule has 0 unspecified atom stereocenters. The highest BCUT2D eigenvalue weighted by atomic mass is 32.1. The quantitative estimate of drug-likeness (QED) is 0.331. The molecule has 148 valence electrons. The van der Waals surface area contributed by atoms with E-state index in [2.05, 4.69) is 97.0 Å². The van der Waals surface area contributed by atoms with Crippen molar-refractivity contribution in [1.82, 2.24) is 4.98 Å². The Labute approximate surface area is 178 Å². The van der Waals surface area contributed by atoms with Crippen molar-refractivity contribution < 1.29 is 0 Å². The first-order valence-electron chi connectivity index (χ1n) is 10.2. The van der Waals surface area contributed by atoms with Gasteiger partial charge in [-0.1, -0.05) is 50.1 Å². The number of aromatic nitrogens is 1. The highest BCUT2D eigenvalue weighted by Crippen LogP contribution is 2.39. The molecule has 0 saturated heterocycles. The fourth-order valence-corrected chi connectivity index (χ4v) is 5.32. The first-order valence-corrected chi connectivity index (χ1v) is 11.0. The van der Waals surface area contributed by atoms with E-state index in [9.17, 15) is 0 Å². The van der Waals surface area contributed by atoms with Crippen LogP contribution in [0.15, 0.2) is 48.5 Å². The van der Waals surface area contributed by atoms with Gasteiger partial charge in [0.1, 0.15) is 4.83 Å². The molecule has 0 atom stereocenters. The van der Waals surface area contributed by atoms with Crippen molar-refractivity contribution in [3.63, 3.8) is 0 Å². The van der Waals surface area contributed by atoms with E-state index in [1.54, 1.807) is 11.3 Å². The number of hydrogen-bond donors (Lipinski definition) is 0. The number of fused-ring (bicyclic) bond motifs is 1. The van der Waals surface area contributed by atoms with E-state index < -0.39 is 0 Å². The first-order chi connectivity index (χ1) is 13.6. The van der Waals surface area contributed by atoms with Crippen LogP contribution in [-0.2, 0) is 5.41 Å². The molecule has 2 heterocycles. The maximum absolute atomic E-state index is 5.01. The third-order valence-electron chi connectivity index (χ3n) is 5.55. The summed E-state index contributed by atoms with van der Waals surface area (Å²) in [5.74, 6) is 0. The minimum absolute atomic E-state index is 0.163. The minimum atomic E-state index is 0.163. The van der Waals surface area contributed by atoms with Crippen molar-refractivity contribution in [1.29, 1.82) is 0 Å². The van der Waals surface area contributed by atoms with Gasteiger partial charge in [0.05, 0.1) is 5.69 Å². The average molecular weight is 400 g/mol. The molecule has 29 heavy (non-hydrogen) atoms. The molecule has 0 fully saturated rings. The van der Waals surface area contributed by atoms with E-state index in [1.165, 1.54) is 49.2 Å². The fourth-order valence-electron chi connectivity index (χ4n) is 4.11. The van der Waals surface area contributed by atoms with E-state index in [1.807, 2.05) is 0 Å². The van der Waals surface area contributed by atoms with Gasteiger partial charge in [0.2, 0.25) is 0 Å². The number of pyridine rings is 1. The van der Waals surface area contributed by atoms with Gasteiger partial charge in [-0.15, -0.1) is 11.3 Å². The molecule has 0 aliphatic heterocycles. The number of nitrogens with zero attached hydrogens (tertiary/aromatic N) is 1. The molecule has 0 N–H and O–H groups in total. The number of benzene rings is 2. The van der Waals surface area contributed by atoms with E-state index in [4.69, 9.17) is 4.98 Å². The fraction of sp³-hybridized carbons (Fsp3) is 0.296. The molecule has 4 rings (SSSR count). The van der Waals surface area contributed by atoms with Crippen molar-refractivity contribution in [2.24, 2.45) is 0 Å². The standard InChI is InChI=1S/C27H29NS/c1-16-10-17(2)12-21(11-16)23-9-8-20-15-24(29-26(20)28-23)25-18(3)13-22(14-19(25)4)27(5,6)7/h8-15H,1-7H3. The SMILES string of the molecule is Cc1cc(C)cc(-c2ccc3cc(-c4c(C)cc(C(C)(C)C)cc4C)sc3n2)c1. The van der Waals surface area contributed by atoms with Crippen LogP contribution in [-0.4, -0.2) is 4.98 Å². The summed E-state index contributed by atoms with van der Waals surface area (Å²) >= 11 is 1.80. The summed E-state index contributed by atoms with van der Waals surface area (Å²) in [5, 5.41) is 1.22. The number of aryl methyl sites for hydroxylation is 4. The Bertz CT molecular complexity index is 1180. The smallest absolute Gasteiger partial charge is 0.124 e. The molecule has 2 heteroatoms. The van der Waals surface area contributed by atoms with Crippen molar-refractivity contribution in [3.8, 4) is 21.7 Å². The van der Waals surface area contributed by atoms with Crippen LogP contribution in [0, 0.1) is 27.7 Å². The monoisotopic (exact) mass is 399 g/mol. The normalized spacial score (nSPS) is 12.0. The molecular weight excluding hydrogens is 370 g/mol. The van der Waals surface area contributed by atoms with E-state index in [-0.39, 0.29) is 5.41 Å². The zero-order valence-corrected chi connectivity index (χ0v) is 19.3. The van der Waals surface area contributed by atoms with Gasteiger partial charge in [0.25, 0.3) is 0 Å². The summed E-state index contributed by atoms with van der Waals surface area (Å²) in [6.45, 7) is 15.6. The van der Waals surface area contributed by atoms with Gasteiger partial charge in [-0.2, -0.15) is 0 Å². The Hall–Kier alpha value is -2.45. The van der Waals surface area contributed by atoms with Crippen LogP contribution >= 0.6 is 11.3 Å². The van der Waals surface area contributed by atoms with Gasteiger partial charge in [-0.3, -0.25) is 0 Å². The Morgan fingerprint density at radius 1 is 0.759 bits per heavy atom. The van der Waals surface area contributed by atoms with Gasteiger partial charge < -0.3 is 0 Å². The van der Waals surface area contributed by atoms with Gasteiger partial charge in [-0.05, 0) is 85.7 Å². The van der Waals surface area contributed by atoms with Gasteiger partial charge in [0.15, 0.2) is 0 Å². The molecule has 0 aliphatic rings. The van der Waals surface area contributed by atoms with E-state index in [0.717, 1.165) is 10.5 Å². The Balaban J connectivity index is 1.81. The largest absolute Gasteiger partial charge is 0.237 e. The lowest BCUT2D eigenvalue weighted by atomic mass is 9.83. The third-order valence-corrected chi connectivity index (χ3v) is 6.61. The lowest BCUT2D eigenvalue weighted by Crippen LogP contribution is -2.11. The summed E-state index contributed by atoms with van der Waals surface area (Å²) in [5.41, 5.74) is 10.4. The second-order valence-corrected chi connectivity index (χ2v) is 10.3. The summed E-state index contributed by atoms with van der Waals surface area (Å²) < 4.78 is 0. The summed E-state index contributed by atoms with van der Waals surface area (Å²) in [6.07, 6.45) is 0. The van der Waals surface area contributed by atoms with Crippen LogP contribution in [0.5, 0.6) is 0 Å². The van der Waals surface area contributed by atoms with Crippen molar-refractivity contribution in [3.05, 3.63) is 76.3 Å². The van der Waals surface area contributed by atoms with Crippen LogP contribution in [0.4, 0.5) is 0 Å².